The molecule has 29 heavy (non-hydrogen) atoms. The van der Waals surface area contributed by atoms with Gasteiger partial charge in [-0.15, -0.1) is 0 Å². The molecule has 2 N–H and O–H groups in total. The van der Waals surface area contributed by atoms with Crippen LogP contribution in [-0.4, -0.2) is 44.8 Å². The van der Waals surface area contributed by atoms with Crippen LogP contribution in [0, 0.1) is 23.2 Å². The summed E-state index contributed by atoms with van der Waals surface area (Å²) in [6, 6.07) is 10.8. The van der Waals surface area contributed by atoms with E-state index >= 15 is 0 Å². The second-order valence-electron chi connectivity index (χ2n) is 10.3. The van der Waals surface area contributed by atoms with Crippen molar-refractivity contribution in [2.45, 2.75) is 45.1 Å². The van der Waals surface area contributed by atoms with Gasteiger partial charge in [0.25, 0.3) is 0 Å². The van der Waals surface area contributed by atoms with Crippen molar-refractivity contribution in [3.8, 4) is 0 Å². The van der Waals surface area contributed by atoms with Gasteiger partial charge in [-0.3, -0.25) is 9.69 Å². The number of hydrogen-bond donors (Lipinski definition) is 2. The van der Waals surface area contributed by atoms with Gasteiger partial charge < -0.3 is 9.64 Å². The number of piperazine rings is 1. The Morgan fingerprint density at radius 3 is 2.69 bits per heavy atom. The molecule has 4 nitrogen and oxygen atoms in total. The van der Waals surface area contributed by atoms with E-state index in [0.29, 0.717) is 17.3 Å². The molecule has 1 aromatic carbocycles. The first kappa shape index (κ1) is 19.3. The summed E-state index contributed by atoms with van der Waals surface area (Å²) in [5, 5.41) is 0. The Bertz CT molecular complexity index is 770. The number of esters is 1. The van der Waals surface area contributed by atoms with E-state index in [2.05, 4.69) is 43.8 Å². The van der Waals surface area contributed by atoms with Gasteiger partial charge in [0.05, 0.1) is 6.54 Å². The van der Waals surface area contributed by atoms with Crippen molar-refractivity contribution in [1.29, 1.82) is 0 Å². The van der Waals surface area contributed by atoms with Crippen LogP contribution in [0.2, 0.25) is 0 Å². The first-order valence-electron chi connectivity index (χ1n) is 11.7. The second kappa shape index (κ2) is 7.55. The van der Waals surface area contributed by atoms with Crippen molar-refractivity contribution >= 4 is 11.7 Å². The van der Waals surface area contributed by atoms with E-state index in [-0.39, 0.29) is 18.0 Å². The quantitative estimate of drug-likeness (QED) is 0.599. The Morgan fingerprint density at radius 2 is 1.93 bits per heavy atom. The lowest BCUT2D eigenvalue weighted by molar-refractivity contribution is -0.987. The number of nitrogens with one attached hydrogen (secondary N) is 2. The maximum absolute atomic E-state index is 12.8. The number of benzene rings is 1. The van der Waals surface area contributed by atoms with Crippen LogP contribution in [0.1, 0.15) is 39.0 Å². The number of ether oxygens (including phenoxy) is 1. The van der Waals surface area contributed by atoms with Gasteiger partial charge in [0.2, 0.25) is 0 Å². The Hall–Kier alpha value is -1.65. The van der Waals surface area contributed by atoms with Crippen molar-refractivity contribution in [3.63, 3.8) is 0 Å². The summed E-state index contributed by atoms with van der Waals surface area (Å²) in [4.78, 5) is 16.0. The molecule has 2 aliphatic carbocycles. The molecule has 1 aromatic rings. The van der Waals surface area contributed by atoms with Crippen LogP contribution >= 0.6 is 0 Å². The number of fused-ring (bicyclic) bond motifs is 2. The number of para-hydroxylation sites is 1. The fourth-order valence-corrected chi connectivity index (χ4v) is 6.87. The molecule has 0 aromatic heterocycles. The molecule has 0 unspecified atom stereocenters. The van der Waals surface area contributed by atoms with Gasteiger partial charge >= 0.3 is 5.97 Å². The Labute approximate surface area is 174 Å². The van der Waals surface area contributed by atoms with Crippen LogP contribution in [0.3, 0.4) is 0 Å². The van der Waals surface area contributed by atoms with Gasteiger partial charge in [-0.2, -0.15) is 0 Å². The van der Waals surface area contributed by atoms with Crippen LogP contribution in [-0.2, 0) is 9.53 Å². The smallest absolute Gasteiger partial charge is 0.315 e. The summed E-state index contributed by atoms with van der Waals surface area (Å²) >= 11 is 0. The maximum atomic E-state index is 12.8. The lowest BCUT2D eigenvalue weighted by Gasteiger charge is -2.50. The highest BCUT2D eigenvalue weighted by atomic mass is 16.6. The summed E-state index contributed by atoms with van der Waals surface area (Å²) in [7, 11) is 0. The molecular formula is C25H36N2O2+2. The summed E-state index contributed by atoms with van der Waals surface area (Å²) in [5.41, 5.74) is 3.13. The first-order valence-corrected chi connectivity index (χ1v) is 11.7. The van der Waals surface area contributed by atoms with E-state index in [9.17, 15) is 4.79 Å². The third kappa shape index (κ3) is 3.55. The lowest BCUT2D eigenvalue weighted by Crippen LogP contribution is -3.26. The van der Waals surface area contributed by atoms with Gasteiger partial charge in [-0.1, -0.05) is 37.3 Å². The second-order valence-corrected chi connectivity index (χ2v) is 10.3. The van der Waals surface area contributed by atoms with E-state index in [1.165, 1.54) is 30.5 Å². The fraction of sp³-hybridized carbons (Fsp3) is 0.640. The molecule has 2 heterocycles. The van der Waals surface area contributed by atoms with Gasteiger partial charge in [0.1, 0.15) is 43.9 Å². The first-order chi connectivity index (χ1) is 14.0. The van der Waals surface area contributed by atoms with Gasteiger partial charge in [-0.25, -0.2) is 0 Å². The van der Waals surface area contributed by atoms with Gasteiger partial charge in [-0.05, 0) is 55.6 Å². The minimum Gasteiger partial charge on any atom is -0.462 e. The van der Waals surface area contributed by atoms with Gasteiger partial charge in [0, 0.05) is 5.92 Å². The average molecular weight is 397 g/mol. The molecule has 2 saturated carbocycles. The number of quaternary nitrogens is 2. The van der Waals surface area contributed by atoms with Crippen LogP contribution in [0.25, 0.3) is 0 Å². The molecule has 2 aliphatic heterocycles. The Morgan fingerprint density at radius 1 is 1.17 bits per heavy atom. The Kier molecular flexibility index (Phi) is 5.03. The van der Waals surface area contributed by atoms with Crippen LogP contribution in [0.5, 0.6) is 0 Å². The van der Waals surface area contributed by atoms with Crippen molar-refractivity contribution in [1.82, 2.24) is 0 Å². The minimum absolute atomic E-state index is 0.0817. The number of hydrogen-bond acceptors (Lipinski definition) is 2. The van der Waals surface area contributed by atoms with E-state index in [1.54, 1.807) is 9.80 Å². The predicted octanol–water partition coefficient (Wildman–Crippen LogP) is 1.42. The monoisotopic (exact) mass is 396 g/mol. The third-order valence-corrected chi connectivity index (χ3v) is 8.57. The minimum atomic E-state index is 0.0817. The molecule has 4 heteroatoms. The normalized spacial score (nSPS) is 42.1. The zero-order chi connectivity index (χ0) is 20.0. The van der Waals surface area contributed by atoms with E-state index < -0.39 is 0 Å². The van der Waals surface area contributed by atoms with Crippen LogP contribution in [0.4, 0.5) is 5.69 Å². The summed E-state index contributed by atoms with van der Waals surface area (Å²) in [6.45, 7) is 12.4. The third-order valence-electron chi connectivity index (χ3n) is 8.57. The molecule has 0 amide bonds. The average Bonchev–Trinajstić information content (AvgIpc) is 3.01. The summed E-state index contributed by atoms with van der Waals surface area (Å²) in [5.74, 6) is 1.16. The number of carbonyl (C=O) groups is 1. The molecule has 4 aliphatic rings. The largest absolute Gasteiger partial charge is 0.462 e. The lowest BCUT2D eigenvalue weighted by atomic mass is 9.55. The highest BCUT2D eigenvalue weighted by Gasteiger charge is 2.56. The van der Waals surface area contributed by atoms with Crippen LogP contribution < -0.4 is 9.80 Å². The number of rotatable bonds is 3. The molecule has 5 atom stereocenters. The molecule has 0 bridgehead atoms. The van der Waals surface area contributed by atoms with E-state index in [0.717, 1.165) is 45.6 Å². The maximum Gasteiger partial charge on any atom is 0.315 e. The molecule has 0 radical (unpaired) electrons. The molecule has 0 spiro atoms. The van der Waals surface area contributed by atoms with E-state index in [4.69, 9.17) is 4.74 Å². The predicted molar refractivity (Wildman–Crippen MR) is 113 cm³/mol. The van der Waals surface area contributed by atoms with Crippen LogP contribution in [0.15, 0.2) is 42.5 Å². The molecule has 156 valence electrons. The van der Waals surface area contributed by atoms with E-state index in [1.807, 2.05) is 0 Å². The molecule has 4 fully saturated rings. The SMILES string of the molecule is C=C1CCC[C@]2(C)C[C@H]3OC(=O)[C@H](C[NH+]4CC[NH+](c5ccccc5)CC4)[C@H]3C[C@@H]12. The summed E-state index contributed by atoms with van der Waals surface area (Å²) in [6.07, 6.45) is 5.99. The molecular weight excluding hydrogens is 360 g/mol. The number of carbonyl (C=O) groups excluding carboxylic acids is 1. The van der Waals surface area contributed by atoms with Crippen molar-refractivity contribution in [2.75, 3.05) is 32.7 Å². The standard InChI is InChI=1S/C25H34N2O2/c1-18-7-6-10-25(2)16-23-20(15-22(18)25)21(24(28)29-23)17-26-11-13-27(14-12-26)19-8-4-3-5-9-19/h3-5,8-9,20-23H,1,6-7,10-17H2,2H3/p+2/t20-,21-,22+,23-,25-/m1/s1. The highest BCUT2D eigenvalue weighted by molar-refractivity contribution is 5.75. The molecule has 5 rings (SSSR count). The van der Waals surface area contributed by atoms with Crippen molar-refractivity contribution in [3.05, 3.63) is 42.5 Å². The van der Waals surface area contributed by atoms with Crippen molar-refractivity contribution < 1.29 is 19.3 Å². The fourth-order valence-electron chi connectivity index (χ4n) is 6.87. The van der Waals surface area contributed by atoms with Crippen molar-refractivity contribution in [2.24, 2.45) is 23.2 Å². The highest BCUT2D eigenvalue weighted by Crippen LogP contribution is 2.56. The number of allylic oxidation sites excluding steroid dienone is 1. The molecule has 2 saturated heterocycles. The zero-order valence-corrected chi connectivity index (χ0v) is 17.8. The topological polar surface area (TPSA) is 35.2 Å². The van der Waals surface area contributed by atoms with Gasteiger partial charge in [0.15, 0.2) is 0 Å². The Balaban J connectivity index is 1.23. The summed E-state index contributed by atoms with van der Waals surface area (Å²) < 4.78 is 5.97. The zero-order valence-electron chi connectivity index (χ0n) is 17.8.